The van der Waals surface area contributed by atoms with Crippen molar-refractivity contribution in [3.05, 3.63) is 60.3 Å². The number of amides is 1. The molecule has 1 unspecified atom stereocenters. The molecule has 2 aromatic heterocycles. The van der Waals surface area contributed by atoms with Gasteiger partial charge in [0.2, 0.25) is 5.91 Å². The zero-order valence-corrected chi connectivity index (χ0v) is 25.0. The van der Waals surface area contributed by atoms with E-state index in [0.717, 1.165) is 35.0 Å². The number of benzene rings is 2. The largest absolute Gasteiger partial charge is 0.461 e. The summed E-state index contributed by atoms with van der Waals surface area (Å²) in [6.45, 7) is 6.24. The second-order valence-electron chi connectivity index (χ2n) is 11.9. The minimum Gasteiger partial charge on any atom is -0.461 e. The standard InChI is InChI=1S/C33H32F2N6O2S/c1-2-30(42)41-13-12-39(19-22(41)7-10-36)31-26-15-27(35)25(23-5-3-6-29-24(23)8-14-44-29)16-28(26)37-32(38-31)43-20-33-9-4-11-40(33)18-21(34)17-33/h2-3,5-6,8,14-16,21-22H,1,4,7,9,11-13,17-20H2/t21-,22+,33?/m1/s1. The van der Waals surface area contributed by atoms with Crippen LogP contribution in [0.3, 0.4) is 0 Å². The number of hydrogen-bond donors (Lipinski definition) is 0. The summed E-state index contributed by atoms with van der Waals surface area (Å²) in [5.74, 6) is -0.152. The average Bonchev–Trinajstić information content (AvgIpc) is 3.73. The third kappa shape index (κ3) is 4.96. The monoisotopic (exact) mass is 614 g/mol. The molecule has 3 saturated heterocycles. The quantitative estimate of drug-likeness (QED) is 0.246. The Labute approximate surface area is 258 Å². The molecule has 226 valence electrons. The number of fused-ring (bicyclic) bond motifs is 3. The third-order valence-corrected chi connectivity index (χ3v) is 10.2. The first-order valence-corrected chi connectivity index (χ1v) is 15.8. The van der Waals surface area contributed by atoms with Crippen molar-refractivity contribution in [1.82, 2.24) is 19.8 Å². The SMILES string of the molecule is C=CC(=O)N1CCN(c2nc(OCC34CCCN3C[C@H](F)C4)nc3cc(-c4cccc5sccc45)c(F)cc23)C[C@@H]1CC#N. The Kier molecular flexibility index (Phi) is 7.42. The predicted molar refractivity (Wildman–Crippen MR) is 167 cm³/mol. The lowest BCUT2D eigenvalue weighted by Crippen LogP contribution is -2.55. The van der Waals surface area contributed by atoms with Crippen LogP contribution >= 0.6 is 11.3 Å². The summed E-state index contributed by atoms with van der Waals surface area (Å²) in [6, 6.07) is 13.0. The van der Waals surface area contributed by atoms with E-state index in [1.165, 1.54) is 12.1 Å². The van der Waals surface area contributed by atoms with Crippen molar-refractivity contribution in [2.24, 2.45) is 0 Å². The number of nitrogens with zero attached hydrogens (tertiary/aromatic N) is 6. The number of halogens is 2. The number of rotatable bonds is 7. The molecular weight excluding hydrogens is 582 g/mol. The highest BCUT2D eigenvalue weighted by Crippen LogP contribution is 2.41. The number of piperazine rings is 1. The highest BCUT2D eigenvalue weighted by atomic mass is 32.1. The zero-order chi connectivity index (χ0) is 30.4. The van der Waals surface area contributed by atoms with Gasteiger partial charge in [0.25, 0.3) is 0 Å². The van der Waals surface area contributed by atoms with Gasteiger partial charge in [0.05, 0.1) is 29.6 Å². The molecule has 3 fully saturated rings. The second kappa shape index (κ2) is 11.4. The molecule has 1 amide bonds. The lowest BCUT2D eigenvalue weighted by Gasteiger charge is -2.41. The minimum absolute atomic E-state index is 0.133. The van der Waals surface area contributed by atoms with E-state index in [2.05, 4.69) is 17.5 Å². The molecule has 0 bridgehead atoms. The van der Waals surface area contributed by atoms with E-state index < -0.39 is 12.0 Å². The lowest BCUT2D eigenvalue weighted by molar-refractivity contribution is -0.128. The number of thiophene rings is 1. The Bertz CT molecular complexity index is 1810. The van der Waals surface area contributed by atoms with Gasteiger partial charge in [-0.05, 0) is 60.7 Å². The molecule has 0 spiro atoms. The number of hydrogen-bond acceptors (Lipinski definition) is 8. The van der Waals surface area contributed by atoms with Gasteiger partial charge in [-0.1, -0.05) is 18.7 Å². The van der Waals surface area contributed by atoms with E-state index in [4.69, 9.17) is 14.7 Å². The molecule has 2 aromatic carbocycles. The van der Waals surface area contributed by atoms with Crippen LogP contribution in [-0.2, 0) is 4.79 Å². The van der Waals surface area contributed by atoms with E-state index in [-0.39, 0.29) is 36.5 Å². The van der Waals surface area contributed by atoms with Gasteiger partial charge in [-0.2, -0.15) is 15.2 Å². The molecule has 0 aliphatic carbocycles. The summed E-state index contributed by atoms with van der Waals surface area (Å²) in [4.78, 5) is 27.9. The molecule has 0 radical (unpaired) electrons. The number of carbonyl (C=O) groups is 1. The Hall–Kier alpha value is -4.14. The fourth-order valence-electron chi connectivity index (χ4n) is 7.24. The van der Waals surface area contributed by atoms with Crippen LogP contribution < -0.4 is 9.64 Å². The highest BCUT2D eigenvalue weighted by Gasteiger charge is 2.49. The minimum atomic E-state index is -0.885. The highest BCUT2D eigenvalue weighted by molar-refractivity contribution is 7.17. The number of carbonyl (C=O) groups excluding carboxylic acids is 1. The Morgan fingerprint density at radius 1 is 1.18 bits per heavy atom. The molecule has 0 N–H and O–H groups in total. The Morgan fingerprint density at radius 3 is 2.91 bits per heavy atom. The molecule has 3 atom stereocenters. The van der Waals surface area contributed by atoms with Crippen molar-refractivity contribution in [1.29, 1.82) is 5.26 Å². The van der Waals surface area contributed by atoms with E-state index in [1.54, 1.807) is 22.3 Å². The Balaban J connectivity index is 1.31. The molecule has 5 heterocycles. The van der Waals surface area contributed by atoms with Crippen molar-refractivity contribution < 1.29 is 18.3 Å². The summed E-state index contributed by atoms with van der Waals surface area (Å²) < 4.78 is 37.8. The zero-order valence-electron chi connectivity index (χ0n) is 24.2. The van der Waals surface area contributed by atoms with Crippen LogP contribution in [0.5, 0.6) is 6.01 Å². The maximum atomic E-state index is 16.0. The van der Waals surface area contributed by atoms with Gasteiger partial charge >= 0.3 is 6.01 Å². The number of nitriles is 1. The molecule has 8 nitrogen and oxygen atoms in total. The van der Waals surface area contributed by atoms with Crippen LogP contribution in [-0.4, -0.2) is 82.8 Å². The Morgan fingerprint density at radius 2 is 2.07 bits per heavy atom. The van der Waals surface area contributed by atoms with Crippen molar-refractivity contribution in [3.63, 3.8) is 0 Å². The number of ether oxygens (including phenoxy) is 1. The van der Waals surface area contributed by atoms with Gasteiger partial charge in [-0.15, -0.1) is 11.3 Å². The van der Waals surface area contributed by atoms with Crippen LogP contribution in [0.25, 0.3) is 32.1 Å². The average molecular weight is 615 g/mol. The summed E-state index contributed by atoms with van der Waals surface area (Å²) >= 11 is 1.60. The summed E-state index contributed by atoms with van der Waals surface area (Å²) in [5, 5.41) is 13.0. The lowest BCUT2D eigenvalue weighted by atomic mass is 9.95. The van der Waals surface area contributed by atoms with Gasteiger partial charge in [0.15, 0.2) is 0 Å². The van der Waals surface area contributed by atoms with Gasteiger partial charge < -0.3 is 14.5 Å². The molecular formula is C33H32F2N6O2S. The van der Waals surface area contributed by atoms with Crippen LogP contribution in [0, 0.1) is 17.1 Å². The number of alkyl halides is 1. The fraction of sp³-hybridized carbons (Fsp3) is 0.394. The van der Waals surface area contributed by atoms with Crippen LogP contribution in [0.4, 0.5) is 14.6 Å². The summed E-state index contributed by atoms with van der Waals surface area (Å²) in [7, 11) is 0. The third-order valence-electron chi connectivity index (χ3n) is 9.33. The topological polar surface area (TPSA) is 85.6 Å². The van der Waals surface area contributed by atoms with Crippen LogP contribution in [0.15, 0.2) is 54.4 Å². The number of aromatic nitrogens is 2. The van der Waals surface area contributed by atoms with Gasteiger partial charge in [-0.25, -0.2) is 8.78 Å². The first-order chi connectivity index (χ1) is 21.4. The van der Waals surface area contributed by atoms with Gasteiger partial charge in [0, 0.05) is 53.6 Å². The fourth-order valence-corrected chi connectivity index (χ4v) is 8.05. The predicted octanol–water partition coefficient (Wildman–Crippen LogP) is 5.72. The molecule has 4 aromatic rings. The van der Waals surface area contributed by atoms with E-state index in [1.807, 2.05) is 34.5 Å². The summed E-state index contributed by atoms with van der Waals surface area (Å²) in [5.41, 5.74) is 1.34. The van der Waals surface area contributed by atoms with Crippen LogP contribution in [0.1, 0.15) is 25.7 Å². The molecule has 3 aliphatic rings. The summed E-state index contributed by atoms with van der Waals surface area (Å²) in [6.07, 6.45) is 2.77. The van der Waals surface area contributed by atoms with E-state index in [0.29, 0.717) is 54.9 Å². The number of anilines is 1. The van der Waals surface area contributed by atoms with E-state index >= 15 is 4.39 Å². The maximum Gasteiger partial charge on any atom is 0.319 e. The maximum absolute atomic E-state index is 16.0. The molecule has 7 rings (SSSR count). The van der Waals surface area contributed by atoms with E-state index in [9.17, 15) is 14.4 Å². The first kappa shape index (κ1) is 28.6. The molecule has 44 heavy (non-hydrogen) atoms. The molecule has 3 aliphatic heterocycles. The first-order valence-electron chi connectivity index (χ1n) is 14.9. The van der Waals surface area contributed by atoms with Crippen molar-refractivity contribution in [2.75, 3.05) is 44.2 Å². The smallest absolute Gasteiger partial charge is 0.319 e. The van der Waals surface area contributed by atoms with Crippen LogP contribution in [0.2, 0.25) is 0 Å². The second-order valence-corrected chi connectivity index (χ2v) is 12.8. The van der Waals surface area contributed by atoms with Crippen molar-refractivity contribution >= 4 is 44.1 Å². The molecule has 11 heteroatoms. The van der Waals surface area contributed by atoms with Crippen molar-refractivity contribution in [3.8, 4) is 23.2 Å². The van der Waals surface area contributed by atoms with Crippen molar-refractivity contribution in [2.45, 2.75) is 43.4 Å². The molecule has 0 saturated carbocycles. The van der Waals surface area contributed by atoms with Gasteiger partial charge in [-0.3, -0.25) is 9.69 Å². The van der Waals surface area contributed by atoms with Gasteiger partial charge in [0.1, 0.15) is 24.4 Å². The normalized spacial score (nSPS) is 23.7.